The van der Waals surface area contributed by atoms with E-state index in [0.717, 1.165) is 25.1 Å². The summed E-state index contributed by atoms with van der Waals surface area (Å²) in [6.45, 7) is 1.03. The number of benzene rings is 1. The van der Waals surface area contributed by atoms with Gasteiger partial charge >= 0.3 is 0 Å². The van der Waals surface area contributed by atoms with E-state index < -0.39 is 0 Å². The summed E-state index contributed by atoms with van der Waals surface area (Å²) in [5, 5.41) is 12.2. The number of hydrogen-bond acceptors (Lipinski definition) is 4. The van der Waals surface area contributed by atoms with Gasteiger partial charge in [-0.1, -0.05) is 0 Å². The Kier molecular flexibility index (Phi) is 4.06. The molecule has 0 aliphatic heterocycles. The third kappa shape index (κ3) is 2.74. The molecule has 1 saturated carbocycles. The topological polar surface area (TPSA) is 54.3 Å². The highest BCUT2D eigenvalue weighted by Crippen LogP contribution is 2.33. The molecule has 1 fully saturated rings. The van der Waals surface area contributed by atoms with Crippen LogP contribution >= 0.6 is 0 Å². The molecule has 1 aliphatic rings. The Morgan fingerprint density at radius 3 is 2.83 bits per heavy atom. The van der Waals surface area contributed by atoms with Crippen molar-refractivity contribution in [1.82, 2.24) is 5.32 Å². The summed E-state index contributed by atoms with van der Waals surface area (Å²) in [5.41, 5.74) is 0.563. The van der Waals surface area contributed by atoms with Crippen molar-refractivity contribution in [3.05, 3.63) is 23.8 Å². The maximum Gasteiger partial charge on any atom is 0.141 e. The van der Waals surface area contributed by atoms with E-state index >= 15 is 0 Å². The maximum atomic E-state index is 9.04. The second-order valence-electron chi connectivity index (χ2n) is 4.61. The van der Waals surface area contributed by atoms with Crippen LogP contribution in [0.25, 0.3) is 0 Å². The Morgan fingerprint density at radius 1 is 1.44 bits per heavy atom. The van der Waals surface area contributed by atoms with Crippen molar-refractivity contribution < 1.29 is 9.47 Å². The molecule has 4 nitrogen and oxygen atoms in total. The second kappa shape index (κ2) is 5.74. The number of hydrogen-bond donors (Lipinski definition) is 1. The van der Waals surface area contributed by atoms with Crippen molar-refractivity contribution in [3.8, 4) is 17.6 Å². The Bertz CT molecular complexity index is 448. The van der Waals surface area contributed by atoms with E-state index in [1.54, 1.807) is 25.3 Å². The first-order valence-corrected chi connectivity index (χ1v) is 6.16. The number of nitrogens with zero attached hydrogens (tertiary/aromatic N) is 1. The van der Waals surface area contributed by atoms with Crippen LogP contribution in [-0.4, -0.2) is 26.8 Å². The van der Waals surface area contributed by atoms with Gasteiger partial charge in [0.1, 0.15) is 17.6 Å². The lowest BCUT2D eigenvalue weighted by atomic mass is 9.82. The minimum atomic E-state index is 0.225. The molecule has 4 heteroatoms. The van der Waals surface area contributed by atoms with Crippen LogP contribution in [0.2, 0.25) is 0 Å². The lowest BCUT2D eigenvalue weighted by Gasteiger charge is -2.35. The summed E-state index contributed by atoms with van der Waals surface area (Å²) < 4.78 is 11.0. The van der Waals surface area contributed by atoms with Crippen LogP contribution in [0.1, 0.15) is 18.4 Å². The van der Waals surface area contributed by atoms with Gasteiger partial charge in [-0.15, -0.1) is 0 Å². The normalized spacial score (nSPS) is 21.8. The summed E-state index contributed by atoms with van der Waals surface area (Å²) in [6.07, 6.45) is 2.31. The molecule has 1 aliphatic carbocycles. The van der Waals surface area contributed by atoms with Gasteiger partial charge in [-0.25, -0.2) is 0 Å². The first-order valence-electron chi connectivity index (χ1n) is 6.16. The molecule has 1 N–H and O–H groups in total. The van der Waals surface area contributed by atoms with E-state index in [4.69, 9.17) is 14.7 Å². The molecule has 0 radical (unpaired) electrons. The molecule has 0 amide bonds. The van der Waals surface area contributed by atoms with Crippen molar-refractivity contribution >= 4 is 0 Å². The van der Waals surface area contributed by atoms with Gasteiger partial charge in [0, 0.05) is 6.07 Å². The van der Waals surface area contributed by atoms with Crippen LogP contribution in [-0.2, 0) is 0 Å². The maximum absolute atomic E-state index is 9.04. The van der Waals surface area contributed by atoms with Gasteiger partial charge in [0.25, 0.3) is 0 Å². The van der Waals surface area contributed by atoms with Crippen LogP contribution in [0.3, 0.4) is 0 Å². The molecular formula is C14H18N2O2. The van der Waals surface area contributed by atoms with Crippen LogP contribution < -0.4 is 14.8 Å². The zero-order valence-corrected chi connectivity index (χ0v) is 10.8. The number of ether oxygens (including phenoxy) is 2. The first kappa shape index (κ1) is 12.7. The molecule has 0 heterocycles. The van der Waals surface area contributed by atoms with Gasteiger partial charge in [-0.2, -0.15) is 5.26 Å². The van der Waals surface area contributed by atoms with Gasteiger partial charge < -0.3 is 14.8 Å². The molecule has 0 aromatic heterocycles. The fourth-order valence-electron chi connectivity index (χ4n) is 2.23. The SMILES string of the molecule is CNCC1CC(Oc2cc(OC)ccc2C#N)C1. The molecule has 0 bridgehead atoms. The van der Waals surface area contributed by atoms with Crippen LogP contribution in [0.4, 0.5) is 0 Å². The summed E-state index contributed by atoms with van der Waals surface area (Å²) in [7, 11) is 3.57. The molecule has 1 aromatic rings. The van der Waals surface area contributed by atoms with E-state index in [1.807, 2.05) is 7.05 Å². The highest BCUT2D eigenvalue weighted by atomic mass is 16.5. The standard InChI is InChI=1S/C14H18N2O2/c1-16-9-10-5-13(6-10)18-14-7-12(17-2)4-3-11(14)8-15/h3-4,7,10,13,16H,5-6,9H2,1-2H3. The zero-order valence-electron chi connectivity index (χ0n) is 10.8. The van der Waals surface area contributed by atoms with Crippen LogP contribution in [0.15, 0.2) is 18.2 Å². The molecule has 1 aromatic carbocycles. The monoisotopic (exact) mass is 246 g/mol. The molecule has 96 valence electrons. The summed E-state index contributed by atoms with van der Waals surface area (Å²) in [5.74, 6) is 2.04. The lowest BCUT2D eigenvalue weighted by Crippen LogP contribution is -2.38. The molecule has 0 atom stereocenters. The number of methoxy groups -OCH3 is 1. The number of nitriles is 1. The predicted molar refractivity (Wildman–Crippen MR) is 68.8 cm³/mol. The van der Waals surface area contributed by atoms with Gasteiger partial charge in [0.2, 0.25) is 0 Å². The Hall–Kier alpha value is -1.73. The minimum Gasteiger partial charge on any atom is -0.497 e. The van der Waals surface area contributed by atoms with Crippen molar-refractivity contribution in [2.75, 3.05) is 20.7 Å². The van der Waals surface area contributed by atoms with E-state index in [9.17, 15) is 0 Å². The summed E-state index contributed by atoms with van der Waals surface area (Å²) in [4.78, 5) is 0. The molecule has 2 rings (SSSR count). The molecular weight excluding hydrogens is 228 g/mol. The van der Waals surface area contributed by atoms with Gasteiger partial charge in [0.05, 0.1) is 18.8 Å². The minimum absolute atomic E-state index is 0.225. The Balaban J connectivity index is 1.99. The highest BCUT2D eigenvalue weighted by molar-refractivity contribution is 5.47. The molecule has 0 spiro atoms. The fraction of sp³-hybridized carbons (Fsp3) is 0.500. The second-order valence-corrected chi connectivity index (χ2v) is 4.61. The van der Waals surface area contributed by atoms with Crippen LogP contribution in [0, 0.1) is 17.2 Å². The average molecular weight is 246 g/mol. The van der Waals surface area contributed by atoms with Gasteiger partial charge in [-0.3, -0.25) is 0 Å². The average Bonchev–Trinajstić information content (AvgIpc) is 2.36. The largest absolute Gasteiger partial charge is 0.497 e. The van der Waals surface area contributed by atoms with E-state index in [2.05, 4.69) is 11.4 Å². The molecule has 18 heavy (non-hydrogen) atoms. The molecule has 0 saturated heterocycles. The van der Waals surface area contributed by atoms with Gasteiger partial charge in [0.15, 0.2) is 0 Å². The fourth-order valence-corrected chi connectivity index (χ4v) is 2.23. The smallest absolute Gasteiger partial charge is 0.141 e. The third-order valence-electron chi connectivity index (χ3n) is 3.29. The van der Waals surface area contributed by atoms with Crippen molar-refractivity contribution in [1.29, 1.82) is 5.26 Å². The first-order chi connectivity index (χ1) is 8.76. The van der Waals surface area contributed by atoms with Gasteiger partial charge in [-0.05, 0) is 44.5 Å². The quantitative estimate of drug-likeness (QED) is 0.862. The summed E-state index contributed by atoms with van der Waals surface area (Å²) >= 11 is 0. The highest BCUT2D eigenvalue weighted by Gasteiger charge is 2.30. The zero-order chi connectivity index (χ0) is 13.0. The third-order valence-corrected chi connectivity index (χ3v) is 3.29. The van der Waals surface area contributed by atoms with E-state index in [-0.39, 0.29) is 6.10 Å². The number of nitrogens with one attached hydrogen (secondary N) is 1. The van der Waals surface area contributed by atoms with Crippen LogP contribution in [0.5, 0.6) is 11.5 Å². The van der Waals surface area contributed by atoms with E-state index in [0.29, 0.717) is 17.2 Å². The molecule has 0 unspecified atom stereocenters. The Morgan fingerprint density at radius 2 is 2.22 bits per heavy atom. The predicted octanol–water partition coefficient (Wildman–Crippen LogP) is 1.94. The van der Waals surface area contributed by atoms with E-state index in [1.165, 1.54) is 0 Å². The Labute approximate surface area is 108 Å². The van der Waals surface area contributed by atoms with Crippen molar-refractivity contribution in [3.63, 3.8) is 0 Å². The van der Waals surface area contributed by atoms with Crippen molar-refractivity contribution in [2.45, 2.75) is 18.9 Å². The summed E-state index contributed by atoms with van der Waals surface area (Å²) in [6, 6.07) is 7.43. The number of rotatable bonds is 5. The lowest BCUT2D eigenvalue weighted by molar-refractivity contribution is 0.0653. The van der Waals surface area contributed by atoms with Crippen molar-refractivity contribution in [2.24, 2.45) is 5.92 Å².